The fraction of sp³-hybridized carbons (Fsp3) is 0.211. The summed E-state index contributed by atoms with van der Waals surface area (Å²) in [5.41, 5.74) is 2.76. The van der Waals surface area contributed by atoms with Crippen LogP contribution in [0.5, 0.6) is 11.5 Å². The Morgan fingerprint density at radius 1 is 1.28 bits per heavy atom. The number of methoxy groups -OCH3 is 1. The number of H-pyrrole nitrogens is 1. The number of nitrogens with one attached hydrogen (secondary N) is 3. The van der Waals surface area contributed by atoms with Gasteiger partial charge in [-0.2, -0.15) is 0 Å². The molecule has 0 spiro atoms. The molecule has 0 fully saturated rings. The molecule has 4 rings (SSSR count). The third-order valence-electron chi connectivity index (χ3n) is 4.32. The Hall–Kier alpha value is -3.15. The Balaban J connectivity index is 1.41. The molecule has 3 aromatic rings. The molecule has 128 valence electrons. The SMILES string of the molecule is COc1cccc2c1OCC(NC(=O)Nc1ccc3cc[nH]c3c1)C2. The molecule has 0 saturated heterocycles. The van der Waals surface area contributed by atoms with Gasteiger partial charge in [0.15, 0.2) is 11.5 Å². The van der Waals surface area contributed by atoms with Crippen LogP contribution in [0.4, 0.5) is 10.5 Å². The van der Waals surface area contributed by atoms with Crippen molar-refractivity contribution in [3.05, 3.63) is 54.2 Å². The van der Waals surface area contributed by atoms with E-state index < -0.39 is 0 Å². The average Bonchev–Trinajstić information content (AvgIpc) is 3.08. The van der Waals surface area contributed by atoms with E-state index in [1.807, 2.05) is 48.7 Å². The first-order valence-corrected chi connectivity index (χ1v) is 8.16. The lowest BCUT2D eigenvalue weighted by molar-refractivity contribution is 0.217. The molecule has 6 heteroatoms. The van der Waals surface area contributed by atoms with Gasteiger partial charge in [-0.05, 0) is 36.1 Å². The highest BCUT2D eigenvalue weighted by Gasteiger charge is 2.23. The maximum atomic E-state index is 12.3. The van der Waals surface area contributed by atoms with E-state index >= 15 is 0 Å². The van der Waals surface area contributed by atoms with Gasteiger partial charge < -0.3 is 25.1 Å². The van der Waals surface area contributed by atoms with Gasteiger partial charge in [-0.1, -0.05) is 18.2 Å². The number of aromatic nitrogens is 1. The highest BCUT2D eigenvalue weighted by molar-refractivity contribution is 5.92. The number of hydrogen-bond acceptors (Lipinski definition) is 3. The van der Waals surface area contributed by atoms with Crippen molar-refractivity contribution in [3.63, 3.8) is 0 Å². The number of anilines is 1. The lowest BCUT2D eigenvalue weighted by Gasteiger charge is -2.27. The van der Waals surface area contributed by atoms with E-state index in [0.717, 1.165) is 33.7 Å². The molecule has 2 aromatic carbocycles. The summed E-state index contributed by atoms with van der Waals surface area (Å²) in [5, 5.41) is 6.94. The minimum absolute atomic E-state index is 0.0891. The van der Waals surface area contributed by atoms with E-state index in [1.54, 1.807) is 7.11 Å². The summed E-state index contributed by atoms with van der Waals surface area (Å²) in [6, 6.07) is 13.2. The van der Waals surface area contributed by atoms with Crippen LogP contribution in [0.15, 0.2) is 48.7 Å². The average molecular weight is 337 g/mol. The smallest absolute Gasteiger partial charge is 0.319 e. The second-order valence-electron chi connectivity index (χ2n) is 6.04. The molecule has 6 nitrogen and oxygen atoms in total. The van der Waals surface area contributed by atoms with Crippen molar-refractivity contribution >= 4 is 22.6 Å². The Labute approximate surface area is 145 Å². The molecule has 0 radical (unpaired) electrons. The van der Waals surface area contributed by atoms with Crippen LogP contribution >= 0.6 is 0 Å². The van der Waals surface area contributed by atoms with E-state index in [2.05, 4.69) is 15.6 Å². The number of carbonyl (C=O) groups is 1. The number of urea groups is 1. The maximum absolute atomic E-state index is 12.3. The summed E-state index contributed by atoms with van der Waals surface area (Å²) < 4.78 is 11.1. The maximum Gasteiger partial charge on any atom is 0.319 e. The van der Waals surface area contributed by atoms with Gasteiger partial charge in [0.2, 0.25) is 0 Å². The van der Waals surface area contributed by atoms with E-state index in [1.165, 1.54) is 0 Å². The van der Waals surface area contributed by atoms with Crippen LogP contribution < -0.4 is 20.1 Å². The molecular formula is C19H19N3O3. The first-order valence-electron chi connectivity index (χ1n) is 8.16. The van der Waals surface area contributed by atoms with Gasteiger partial charge >= 0.3 is 6.03 Å². The van der Waals surface area contributed by atoms with Crippen LogP contribution in [0.25, 0.3) is 10.9 Å². The van der Waals surface area contributed by atoms with Gasteiger partial charge in [0, 0.05) is 23.0 Å². The van der Waals surface area contributed by atoms with Crippen LogP contribution in [0.2, 0.25) is 0 Å². The molecule has 1 aliphatic heterocycles. The van der Waals surface area contributed by atoms with E-state index in [4.69, 9.17) is 9.47 Å². The minimum Gasteiger partial charge on any atom is -0.493 e. The molecule has 1 aromatic heterocycles. The van der Waals surface area contributed by atoms with Crippen LogP contribution in [-0.4, -0.2) is 30.8 Å². The molecule has 2 amide bonds. The zero-order valence-corrected chi connectivity index (χ0v) is 13.8. The second kappa shape index (κ2) is 6.39. The number of hydrogen-bond donors (Lipinski definition) is 3. The number of aromatic amines is 1. The normalized spacial score (nSPS) is 16.0. The third kappa shape index (κ3) is 3.10. The fourth-order valence-electron chi connectivity index (χ4n) is 3.13. The van der Waals surface area contributed by atoms with Crippen molar-refractivity contribution in [2.24, 2.45) is 0 Å². The van der Waals surface area contributed by atoms with E-state index in [9.17, 15) is 4.79 Å². The quantitative estimate of drug-likeness (QED) is 0.686. The fourth-order valence-corrected chi connectivity index (χ4v) is 3.13. The molecule has 0 aliphatic carbocycles. The number of para-hydroxylation sites is 1. The molecule has 25 heavy (non-hydrogen) atoms. The molecule has 1 atom stereocenters. The summed E-state index contributed by atoms with van der Waals surface area (Å²) in [5.74, 6) is 1.49. The Kier molecular flexibility index (Phi) is 3.93. The Morgan fingerprint density at radius 2 is 2.20 bits per heavy atom. The van der Waals surface area contributed by atoms with Crippen LogP contribution in [-0.2, 0) is 6.42 Å². The largest absolute Gasteiger partial charge is 0.493 e. The van der Waals surface area contributed by atoms with Gasteiger partial charge in [-0.15, -0.1) is 0 Å². The molecule has 0 saturated carbocycles. The summed E-state index contributed by atoms with van der Waals surface area (Å²) in [4.78, 5) is 15.4. The molecule has 2 heterocycles. The van der Waals surface area contributed by atoms with Crippen LogP contribution in [0.1, 0.15) is 5.56 Å². The van der Waals surface area contributed by atoms with Crippen molar-refractivity contribution in [2.75, 3.05) is 19.0 Å². The zero-order valence-electron chi connectivity index (χ0n) is 13.8. The van der Waals surface area contributed by atoms with Crippen LogP contribution in [0.3, 0.4) is 0 Å². The molecule has 1 unspecified atom stereocenters. The summed E-state index contributed by atoms with van der Waals surface area (Å²) in [7, 11) is 1.62. The molecular weight excluding hydrogens is 318 g/mol. The molecule has 0 bridgehead atoms. The molecule has 3 N–H and O–H groups in total. The number of fused-ring (bicyclic) bond motifs is 2. The summed E-state index contributed by atoms with van der Waals surface area (Å²) >= 11 is 0. The van der Waals surface area contributed by atoms with Gasteiger partial charge in [-0.25, -0.2) is 4.79 Å². The van der Waals surface area contributed by atoms with E-state index in [0.29, 0.717) is 13.0 Å². The number of ether oxygens (including phenoxy) is 2. The van der Waals surface area contributed by atoms with Gasteiger partial charge in [0.05, 0.1) is 13.2 Å². The predicted octanol–water partition coefficient (Wildman–Crippen LogP) is 3.30. The lowest BCUT2D eigenvalue weighted by atomic mass is 10.0. The lowest BCUT2D eigenvalue weighted by Crippen LogP contribution is -2.44. The van der Waals surface area contributed by atoms with E-state index in [-0.39, 0.29) is 12.1 Å². The monoisotopic (exact) mass is 337 g/mol. The van der Waals surface area contributed by atoms with Gasteiger partial charge in [0.1, 0.15) is 6.61 Å². The number of rotatable bonds is 3. The topological polar surface area (TPSA) is 75.4 Å². The standard InChI is InChI=1S/C19H19N3O3/c1-24-17-4-2-3-13-9-15(11-25-18(13)17)22-19(23)21-14-6-5-12-7-8-20-16(12)10-14/h2-8,10,15,20H,9,11H2,1H3,(H2,21,22,23). The number of carbonyl (C=O) groups excluding carboxylic acids is 1. The Morgan fingerprint density at radius 3 is 3.08 bits per heavy atom. The van der Waals surface area contributed by atoms with Crippen molar-refractivity contribution in [1.29, 1.82) is 0 Å². The van der Waals surface area contributed by atoms with Crippen molar-refractivity contribution in [2.45, 2.75) is 12.5 Å². The first-order chi connectivity index (χ1) is 12.2. The Bertz CT molecular complexity index is 919. The second-order valence-corrected chi connectivity index (χ2v) is 6.04. The van der Waals surface area contributed by atoms with Crippen molar-refractivity contribution in [3.8, 4) is 11.5 Å². The zero-order chi connectivity index (χ0) is 17.2. The molecule has 1 aliphatic rings. The number of amides is 2. The minimum atomic E-state index is -0.245. The van der Waals surface area contributed by atoms with Crippen molar-refractivity contribution in [1.82, 2.24) is 10.3 Å². The van der Waals surface area contributed by atoms with Crippen LogP contribution in [0, 0.1) is 0 Å². The number of benzene rings is 2. The highest BCUT2D eigenvalue weighted by Crippen LogP contribution is 2.34. The van der Waals surface area contributed by atoms with Crippen molar-refractivity contribution < 1.29 is 14.3 Å². The third-order valence-corrected chi connectivity index (χ3v) is 4.32. The van der Waals surface area contributed by atoms with Gasteiger partial charge in [-0.3, -0.25) is 0 Å². The summed E-state index contributed by atoms with van der Waals surface area (Å²) in [6.45, 7) is 0.413. The summed E-state index contributed by atoms with van der Waals surface area (Å²) in [6.07, 6.45) is 2.58. The van der Waals surface area contributed by atoms with Gasteiger partial charge in [0.25, 0.3) is 0 Å². The first kappa shape index (κ1) is 15.4. The highest BCUT2D eigenvalue weighted by atomic mass is 16.5. The predicted molar refractivity (Wildman–Crippen MR) is 96.4 cm³/mol.